The lowest BCUT2D eigenvalue weighted by atomic mass is 9.86. The Bertz CT molecular complexity index is 1470. The SMILES string of the molecule is Cc1ccc2nc(-c3ccc(NC(=O)Cc4coc5ccc(C(C)(C)C)cc45)cc3)sc2c1. The maximum atomic E-state index is 12.7. The number of thiazole rings is 1. The van der Waals surface area contributed by atoms with Crippen LogP contribution in [0.2, 0.25) is 0 Å². The first-order chi connectivity index (χ1) is 15.8. The minimum absolute atomic E-state index is 0.0365. The van der Waals surface area contributed by atoms with Crippen LogP contribution < -0.4 is 5.32 Å². The van der Waals surface area contributed by atoms with E-state index in [1.807, 2.05) is 30.3 Å². The van der Waals surface area contributed by atoms with E-state index in [0.717, 1.165) is 38.3 Å². The molecule has 0 aliphatic rings. The molecule has 0 aliphatic heterocycles. The van der Waals surface area contributed by atoms with Gasteiger partial charge < -0.3 is 9.73 Å². The smallest absolute Gasteiger partial charge is 0.228 e. The Morgan fingerprint density at radius 2 is 1.82 bits per heavy atom. The first-order valence-electron chi connectivity index (χ1n) is 11.0. The maximum Gasteiger partial charge on any atom is 0.228 e. The van der Waals surface area contributed by atoms with Gasteiger partial charge in [-0.2, -0.15) is 0 Å². The van der Waals surface area contributed by atoms with E-state index in [9.17, 15) is 4.79 Å². The molecule has 2 aromatic heterocycles. The molecule has 0 fully saturated rings. The molecule has 0 aliphatic carbocycles. The molecular formula is C28H26N2O2S. The van der Waals surface area contributed by atoms with Crippen LogP contribution >= 0.6 is 11.3 Å². The van der Waals surface area contributed by atoms with Crippen molar-refractivity contribution in [3.8, 4) is 10.6 Å². The number of carbonyl (C=O) groups is 1. The number of nitrogens with one attached hydrogen (secondary N) is 1. The predicted molar refractivity (Wildman–Crippen MR) is 137 cm³/mol. The molecule has 33 heavy (non-hydrogen) atoms. The third kappa shape index (κ3) is 4.41. The molecule has 1 N–H and O–H groups in total. The lowest BCUT2D eigenvalue weighted by Crippen LogP contribution is -2.14. The molecule has 0 saturated heterocycles. The molecule has 0 bridgehead atoms. The molecule has 166 valence electrons. The Morgan fingerprint density at radius 3 is 2.58 bits per heavy atom. The summed E-state index contributed by atoms with van der Waals surface area (Å²) in [4.78, 5) is 17.5. The molecule has 0 saturated carbocycles. The van der Waals surface area contributed by atoms with E-state index < -0.39 is 0 Å². The molecule has 0 unspecified atom stereocenters. The maximum absolute atomic E-state index is 12.7. The topological polar surface area (TPSA) is 55.1 Å². The number of hydrogen-bond donors (Lipinski definition) is 1. The average Bonchev–Trinajstić information content (AvgIpc) is 3.37. The van der Waals surface area contributed by atoms with E-state index in [4.69, 9.17) is 9.40 Å². The van der Waals surface area contributed by atoms with Crippen LogP contribution in [0.25, 0.3) is 31.8 Å². The molecule has 5 aromatic rings. The van der Waals surface area contributed by atoms with Gasteiger partial charge in [-0.1, -0.05) is 32.9 Å². The Hall–Kier alpha value is -3.44. The van der Waals surface area contributed by atoms with Gasteiger partial charge in [0.2, 0.25) is 5.91 Å². The molecule has 0 radical (unpaired) electrons. The predicted octanol–water partition coefficient (Wildman–Crippen LogP) is 7.50. The normalized spacial score (nSPS) is 11.9. The van der Waals surface area contributed by atoms with E-state index in [-0.39, 0.29) is 17.7 Å². The summed E-state index contributed by atoms with van der Waals surface area (Å²) < 4.78 is 6.86. The third-order valence-corrected chi connectivity index (χ3v) is 6.90. The highest BCUT2D eigenvalue weighted by Crippen LogP contribution is 2.32. The zero-order chi connectivity index (χ0) is 23.2. The van der Waals surface area contributed by atoms with E-state index in [1.54, 1.807) is 17.6 Å². The Kier molecular flexibility index (Phi) is 5.29. The summed E-state index contributed by atoms with van der Waals surface area (Å²) in [5, 5.41) is 4.98. The number of hydrogen-bond acceptors (Lipinski definition) is 4. The summed E-state index contributed by atoms with van der Waals surface area (Å²) in [5.74, 6) is -0.0675. The van der Waals surface area contributed by atoms with Crippen LogP contribution in [0, 0.1) is 6.92 Å². The highest BCUT2D eigenvalue weighted by atomic mass is 32.1. The van der Waals surface area contributed by atoms with Crippen LogP contribution in [-0.2, 0) is 16.6 Å². The number of carbonyl (C=O) groups excluding carboxylic acids is 1. The van der Waals surface area contributed by atoms with Gasteiger partial charge in [-0.15, -0.1) is 11.3 Å². The summed E-state index contributed by atoms with van der Waals surface area (Å²) in [5.41, 5.74) is 7.02. The molecular weight excluding hydrogens is 428 g/mol. The fourth-order valence-electron chi connectivity index (χ4n) is 3.91. The lowest BCUT2D eigenvalue weighted by Gasteiger charge is -2.18. The lowest BCUT2D eigenvalue weighted by molar-refractivity contribution is -0.115. The molecule has 2 heterocycles. The van der Waals surface area contributed by atoms with Crippen LogP contribution in [-0.4, -0.2) is 10.9 Å². The second-order valence-electron chi connectivity index (χ2n) is 9.51. The fraction of sp³-hybridized carbons (Fsp3) is 0.214. The highest BCUT2D eigenvalue weighted by Gasteiger charge is 2.17. The van der Waals surface area contributed by atoms with Crippen LogP contribution in [0.4, 0.5) is 5.69 Å². The van der Waals surface area contributed by atoms with Gasteiger partial charge in [0.15, 0.2) is 0 Å². The second-order valence-corrected chi connectivity index (χ2v) is 10.5. The molecule has 4 nitrogen and oxygen atoms in total. The highest BCUT2D eigenvalue weighted by molar-refractivity contribution is 7.21. The number of anilines is 1. The first-order valence-corrected chi connectivity index (χ1v) is 11.9. The van der Waals surface area contributed by atoms with Crippen molar-refractivity contribution in [1.29, 1.82) is 0 Å². The average molecular weight is 455 g/mol. The minimum Gasteiger partial charge on any atom is -0.464 e. The van der Waals surface area contributed by atoms with Crippen molar-refractivity contribution < 1.29 is 9.21 Å². The zero-order valence-electron chi connectivity index (χ0n) is 19.2. The quantitative estimate of drug-likeness (QED) is 0.306. The number of aromatic nitrogens is 1. The molecule has 0 atom stereocenters. The van der Waals surface area contributed by atoms with Crippen LogP contribution in [0.3, 0.4) is 0 Å². The van der Waals surface area contributed by atoms with Crippen LogP contribution in [0.15, 0.2) is 71.3 Å². The monoisotopic (exact) mass is 454 g/mol. The summed E-state index contributed by atoms with van der Waals surface area (Å²) in [6, 6.07) is 20.4. The standard InChI is InChI=1S/C28H26N2O2S/c1-17-5-11-23-25(13-17)33-27(30-23)18-6-9-21(10-7-18)29-26(31)14-19-16-32-24-12-8-20(15-22(19)24)28(2,3)4/h5-13,15-16H,14H2,1-4H3,(H,29,31). The van der Waals surface area contributed by atoms with Crippen molar-refractivity contribution in [1.82, 2.24) is 4.98 Å². The van der Waals surface area contributed by atoms with E-state index in [0.29, 0.717) is 0 Å². The van der Waals surface area contributed by atoms with E-state index in [1.165, 1.54) is 15.8 Å². The second kappa shape index (κ2) is 8.16. The van der Waals surface area contributed by atoms with Crippen molar-refractivity contribution in [2.45, 2.75) is 39.5 Å². The van der Waals surface area contributed by atoms with Gasteiger partial charge in [0.05, 0.1) is 22.9 Å². The Labute approximate surface area is 197 Å². The van der Waals surface area contributed by atoms with Gasteiger partial charge in [-0.3, -0.25) is 4.79 Å². The number of fused-ring (bicyclic) bond motifs is 2. The fourth-order valence-corrected chi connectivity index (χ4v) is 4.98. The number of amides is 1. The van der Waals surface area contributed by atoms with Crippen molar-refractivity contribution >= 4 is 44.1 Å². The minimum atomic E-state index is -0.0675. The van der Waals surface area contributed by atoms with Gasteiger partial charge in [0, 0.05) is 22.2 Å². The summed E-state index contributed by atoms with van der Waals surface area (Å²) in [6.07, 6.45) is 1.95. The molecule has 5 rings (SSSR count). The number of rotatable bonds is 4. The number of furan rings is 1. The number of aryl methyl sites for hydroxylation is 1. The molecule has 3 aromatic carbocycles. The molecule has 1 amide bonds. The van der Waals surface area contributed by atoms with Crippen LogP contribution in [0.5, 0.6) is 0 Å². The van der Waals surface area contributed by atoms with Crippen molar-refractivity contribution in [2.75, 3.05) is 5.32 Å². The number of nitrogens with zero attached hydrogens (tertiary/aromatic N) is 1. The van der Waals surface area contributed by atoms with Crippen molar-refractivity contribution in [3.05, 3.63) is 83.6 Å². The van der Waals surface area contributed by atoms with Gasteiger partial charge >= 0.3 is 0 Å². The van der Waals surface area contributed by atoms with E-state index in [2.05, 4.69) is 63.3 Å². The molecule has 0 spiro atoms. The Balaban J connectivity index is 1.31. The van der Waals surface area contributed by atoms with Gasteiger partial charge in [0.25, 0.3) is 0 Å². The molecule has 5 heteroatoms. The largest absolute Gasteiger partial charge is 0.464 e. The summed E-state index contributed by atoms with van der Waals surface area (Å²) in [6.45, 7) is 8.63. The number of benzene rings is 3. The first kappa shape index (κ1) is 21.4. The van der Waals surface area contributed by atoms with Gasteiger partial charge in [0.1, 0.15) is 10.6 Å². The van der Waals surface area contributed by atoms with Crippen molar-refractivity contribution in [3.63, 3.8) is 0 Å². The van der Waals surface area contributed by atoms with Crippen molar-refractivity contribution in [2.24, 2.45) is 0 Å². The van der Waals surface area contributed by atoms with Crippen LogP contribution in [0.1, 0.15) is 37.5 Å². The van der Waals surface area contributed by atoms with Gasteiger partial charge in [-0.05, 0) is 72.0 Å². The Morgan fingerprint density at radius 1 is 1.03 bits per heavy atom. The zero-order valence-corrected chi connectivity index (χ0v) is 20.0. The summed E-state index contributed by atoms with van der Waals surface area (Å²) in [7, 11) is 0. The third-order valence-electron chi connectivity index (χ3n) is 5.83. The summed E-state index contributed by atoms with van der Waals surface area (Å²) >= 11 is 1.68. The van der Waals surface area contributed by atoms with Gasteiger partial charge in [-0.25, -0.2) is 4.98 Å². The van der Waals surface area contributed by atoms with E-state index >= 15 is 0 Å².